The van der Waals surface area contributed by atoms with Crippen molar-refractivity contribution in [2.75, 3.05) is 13.2 Å². The van der Waals surface area contributed by atoms with Gasteiger partial charge in [0.1, 0.15) is 0 Å². The molecular formula is C11H14N2O5. The highest BCUT2D eigenvalue weighted by atomic mass is 16.5. The van der Waals surface area contributed by atoms with Gasteiger partial charge in [0.25, 0.3) is 5.91 Å². The SMILES string of the molecule is CC1CCN(C(=O)c2cc(C(=O)O)on2)C1CO. The smallest absolute Gasteiger partial charge is 0.374 e. The van der Waals surface area contributed by atoms with Gasteiger partial charge in [-0.15, -0.1) is 0 Å². The Balaban J connectivity index is 2.18. The van der Waals surface area contributed by atoms with Crippen LogP contribution in [0.4, 0.5) is 0 Å². The Morgan fingerprint density at radius 3 is 2.89 bits per heavy atom. The van der Waals surface area contributed by atoms with Gasteiger partial charge in [0.05, 0.1) is 12.6 Å². The van der Waals surface area contributed by atoms with Crippen molar-refractivity contribution < 1.29 is 24.3 Å². The molecule has 1 saturated heterocycles. The van der Waals surface area contributed by atoms with Crippen LogP contribution in [0, 0.1) is 5.92 Å². The molecule has 0 saturated carbocycles. The van der Waals surface area contributed by atoms with Crippen LogP contribution in [0.1, 0.15) is 34.4 Å². The Labute approximate surface area is 103 Å². The fourth-order valence-corrected chi connectivity index (χ4v) is 2.16. The normalized spacial score (nSPS) is 23.3. The Morgan fingerprint density at radius 2 is 2.33 bits per heavy atom. The van der Waals surface area contributed by atoms with Gasteiger partial charge in [-0.1, -0.05) is 12.1 Å². The van der Waals surface area contributed by atoms with Crippen LogP contribution < -0.4 is 0 Å². The zero-order valence-electron chi connectivity index (χ0n) is 9.87. The number of hydrogen-bond donors (Lipinski definition) is 2. The third-order valence-electron chi connectivity index (χ3n) is 3.27. The molecule has 1 amide bonds. The van der Waals surface area contributed by atoms with Gasteiger partial charge in [-0.3, -0.25) is 4.79 Å². The number of likely N-dealkylation sites (tertiary alicyclic amines) is 1. The van der Waals surface area contributed by atoms with Gasteiger partial charge in [-0.25, -0.2) is 4.79 Å². The van der Waals surface area contributed by atoms with E-state index in [9.17, 15) is 14.7 Å². The lowest BCUT2D eigenvalue weighted by atomic mass is 10.0. The summed E-state index contributed by atoms with van der Waals surface area (Å²) < 4.78 is 4.54. The number of amides is 1. The maximum atomic E-state index is 12.1. The van der Waals surface area contributed by atoms with E-state index in [-0.39, 0.29) is 30.0 Å². The molecule has 1 fully saturated rings. The molecule has 2 heterocycles. The second kappa shape index (κ2) is 4.77. The number of nitrogens with zero attached hydrogens (tertiary/aromatic N) is 2. The van der Waals surface area contributed by atoms with E-state index in [2.05, 4.69) is 9.68 Å². The Kier molecular flexibility index (Phi) is 3.33. The van der Waals surface area contributed by atoms with E-state index in [1.165, 1.54) is 4.90 Å². The average molecular weight is 254 g/mol. The van der Waals surface area contributed by atoms with Crippen LogP contribution in [0.2, 0.25) is 0 Å². The molecule has 0 aromatic carbocycles. The summed E-state index contributed by atoms with van der Waals surface area (Å²) >= 11 is 0. The summed E-state index contributed by atoms with van der Waals surface area (Å²) in [7, 11) is 0. The van der Waals surface area contributed by atoms with E-state index in [0.717, 1.165) is 12.5 Å². The molecule has 2 atom stereocenters. The number of carbonyl (C=O) groups excluding carboxylic acids is 1. The minimum Gasteiger partial charge on any atom is -0.475 e. The third kappa shape index (κ3) is 2.08. The Bertz CT molecular complexity index is 470. The lowest BCUT2D eigenvalue weighted by Crippen LogP contribution is -2.39. The molecular weight excluding hydrogens is 240 g/mol. The topological polar surface area (TPSA) is 104 Å². The summed E-state index contributed by atoms with van der Waals surface area (Å²) in [5.41, 5.74) is -0.0417. The minimum absolute atomic E-state index is 0.0417. The quantitative estimate of drug-likeness (QED) is 0.799. The predicted molar refractivity (Wildman–Crippen MR) is 59.2 cm³/mol. The van der Waals surface area contributed by atoms with Crippen molar-refractivity contribution in [2.45, 2.75) is 19.4 Å². The fraction of sp³-hybridized carbons (Fsp3) is 0.545. The Hall–Kier alpha value is -1.89. The van der Waals surface area contributed by atoms with Crippen LogP contribution >= 0.6 is 0 Å². The highest BCUT2D eigenvalue weighted by Gasteiger charge is 2.35. The molecule has 2 rings (SSSR count). The second-order valence-corrected chi connectivity index (χ2v) is 4.40. The molecule has 2 unspecified atom stereocenters. The van der Waals surface area contributed by atoms with Gasteiger partial charge in [0.15, 0.2) is 5.69 Å². The van der Waals surface area contributed by atoms with Crippen molar-refractivity contribution >= 4 is 11.9 Å². The van der Waals surface area contributed by atoms with Gasteiger partial charge in [0.2, 0.25) is 5.76 Å². The maximum absolute atomic E-state index is 12.1. The van der Waals surface area contributed by atoms with Gasteiger partial charge in [-0.05, 0) is 12.3 Å². The van der Waals surface area contributed by atoms with Gasteiger partial charge in [-0.2, -0.15) is 0 Å². The number of aromatic nitrogens is 1. The summed E-state index contributed by atoms with van der Waals surface area (Å²) in [4.78, 5) is 24.2. The number of hydrogen-bond acceptors (Lipinski definition) is 5. The van der Waals surface area contributed by atoms with Crippen LogP contribution in [0.15, 0.2) is 10.6 Å². The van der Waals surface area contributed by atoms with Crippen LogP contribution in [-0.4, -0.2) is 51.3 Å². The summed E-state index contributed by atoms with van der Waals surface area (Å²) in [6, 6.07) is 0.852. The molecule has 2 N–H and O–H groups in total. The first-order valence-corrected chi connectivity index (χ1v) is 5.66. The number of carboxylic acids is 1. The van der Waals surface area contributed by atoms with Crippen LogP contribution in [0.25, 0.3) is 0 Å². The molecule has 0 aliphatic carbocycles. The molecule has 1 aromatic rings. The van der Waals surface area contributed by atoms with Crippen molar-refractivity contribution in [3.8, 4) is 0 Å². The van der Waals surface area contributed by atoms with Crippen molar-refractivity contribution in [3.05, 3.63) is 17.5 Å². The number of aromatic carboxylic acids is 1. The molecule has 0 bridgehead atoms. The summed E-state index contributed by atoms with van der Waals surface area (Å²) in [6.07, 6.45) is 0.806. The first kappa shape index (κ1) is 12.6. The summed E-state index contributed by atoms with van der Waals surface area (Å²) in [5, 5.41) is 21.4. The number of aliphatic hydroxyl groups excluding tert-OH is 1. The van der Waals surface area contributed by atoms with Crippen LogP contribution in [-0.2, 0) is 0 Å². The van der Waals surface area contributed by atoms with Crippen molar-refractivity contribution in [1.29, 1.82) is 0 Å². The zero-order chi connectivity index (χ0) is 13.3. The molecule has 7 nitrogen and oxygen atoms in total. The van der Waals surface area contributed by atoms with E-state index in [1.807, 2.05) is 6.92 Å². The standard InChI is InChI=1S/C11H14N2O5/c1-6-2-3-13(8(6)5-14)10(15)7-4-9(11(16)17)18-12-7/h4,6,8,14H,2-3,5H2,1H3,(H,16,17). The zero-order valence-corrected chi connectivity index (χ0v) is 9.87. The lowest BCUT2D eigenvalue weighted by molar-refractivity contribution is 0.0626. The molecule has 1 aromatic heterocycles. The largest absolute Gasteiger partial charge is 0.475 e. The second-order valence-electron chi connectivity index (χ2n) is 4.40. The average Bonchev–Trinajstić information content (AvgIpc) is 2.94. The highest BCUT2D eigenvalue weighted by Crippen LogP contribution is 2.25. The highest BCUT2D eigenvalue weighted by molar-refractivity contribution is 5.95. The first-order valence-electron chi connectivity index (χ1n) is 5.66. The number of carbonyl (C=O) groups is 2. The number of carboxylic acid groups (broad SMARTS) is 1. The molecule has 98 valence electrons. The Morgan fingerprint density at radius 1 is 1.61 bits per heavy atom. The summed E-state index contributed by atoms with van der Waals surface area (Å²) in [6.45, 7) is 2.37. The molecule has 0 spiro atoms. The molecule has 18 heavy (non-hydrogen) atoms. The van der Waals surface area contributed by atoms with E-state index in [4.69, 9.17) is 5.11 Å². The monoisotopic (exact) mass is 254 g/mol. The molecule has 1 aliphatic heterocycles. The fourth-order valence-electron chi connectivity index (χ4n) is 2.16. The van der Waals surface area contributed by atoms with Gasteiger partial charge >= 0.3 is 5.97 Å². The number of aliphatic hydroxyl groups is 1. The third-order valence-corrected chi connectivity index (χ3v) is 3.27. The summed E-state index contributed by atoms with van der Waals surface area (Å²) in [5.74, 6) is -1.83. The van der Waals surface area contributed by atoms with Crippen molar-refractivity contribution in [2.24, 2.45) is 5.92 Å². The predicted octanol–water partition coefficient (Wildman–Crippen LogP) is 0.216. The van der Waals surface area contributed by atoms with Crippen molar-refractivity contribution in [1.82, 2.24) is 10.1 Å². The molecule has 0 radical (unpaired) electrons. The van der Waals surface area contributed by atoms with Gasteiger partial charge in [0, 0.05) is 12.6 Å². The van der Waals surface area contributed by atoms with Crippen molar-refractivity contribution in [3.63, 3.8) is 0 Å². The van der Waals surface area contributed by atoms with E-state index >= 15 is 0 Å². The van der Waals surface area contributed by atoms with Gasteiger partial charge < -0.3 is 19.6 Å². The molecule has 7 heteroatoms. The van der Waals surface area contributed by atoms with E-state index in [1.54, 1.807) is 0 Å². The van der Waals surface area contributed by atoms with E-state index in [0.29, 0.717) is 6.54 Å². The van der Waals surface area contributed by atoms with E-state index < -0.39 is 11.9 Å². The lowest BCUT2D eigenvalue weighted by Gasteiger charge is -2.24. The number of rotatable bonds is 3. The molecule has 1 aliphatic rings. The van der Waals surface area contributed by atoms with Crippen LogP contribution in [0.3, 0.4) is 0 Å². The maximum Gasteiger partial charge on any atom is 0.374 e. The van der Waals surface area contributed by atoms with Crippen LogP contribution in [0.5, 0.6) is 0 Å². The minimum atomic E-state index is -1.27. The first-order chi connectivity index (χ1) is 8.54.